The first-order valence-corrected chi connectivity index (χ1v) is 6.05. The average molecular weight is 240 g/mol. The zero-order valence-electron chi connectivity index (χ0n) is 9.76. The van der Waals surface area contributed by atoms with Crippen molar-refractivity contribution in [1.82, 2.24) is 4.98 Å². The summed E-state index contributed by atoms with van der Waals surface area (Å²) in [6, 6.07) is 3.95. The molecule has 1 fully saturated rings. The number of hydrogen-bond donors (Lipinski definition) is 2. The zero-order valence-corrected chi connectivity index (χ0v) is 10.5. The molecular formula is C12H18ClN3. The molecular weight excluding hydrogens is 222 g/mol. The molecule has 3 nitrogen and oxygen atoms in total. The van der Waals surface area contributed by atoms with Crippen molar-refractivity contribution in [1.29, 1.82) is 0 Å². The Labute approximate surface area is 101 Å². The Bertz CT molecular complexity index is 370. The number of nitrogens with zero attached hydrogens (tertiary/aromatic N) is 1. The van der Waals surface area contributed by atoms with E-state index in [0.717, 1.165) is 5.82 Å². The first kappa shape index (κ1) is 11.5. The summed E-state index contributed by atoms with van der Waals surface area (Å²) in [5, 5.41) is 3.88. The Hall–Kier alpha value is -0.960. The van der Waals surface area contributed by atoms with E-state index in [1.165, 1.54) is 19.3 Å². The van der Waals surface area contributed by atoms with Crippen molar-refractivity contribution in [2.24, 2.45) is 5.41 Å². The van der Waals surface area contributed by atoms with E-state index in [0.29, 0.717) is 22.3 Å². The topological polar surface area (TPSA) is 50.9 Å². The van der Waals surface area contributed by atoms with Crippen molar-refractivity contribution >= 4 is 23.1 Å². The fourth-order valence-electron chi connectivity index (χ4n) is 2.36. The number of rotatable bonds is 2. The molecule has 0 aliphatic heterocycles. The van der Waals surface area contributed by atoms with E-state index in [4.69, 9.17) is 17.3 Å². The second kappa shape index (κ2) is 4.13. The minimum absolute atomic E-state index is 0.318. The molecule has 1 unspecified atom stereocenters. The number of nitrogen functional groups attached to an aromatic ring is 1. The van der Waals surface area contributed by atoms with Crippen LogP contribution in [0.5, 0.6) is 0 Å². The lowest BCUT2D eigenvalue weighted by Gasteiger charge is -2.28. The van der Waals surface area contributed by atoms with Gasteiger partial charge in [0.1, 0.15) is 11.0 Å². The summed E-state index contributed by atoms with van der Waals surface area (Å²) < 4.78 is 0. The first-order chi connectivity index (χ1) is 7.47. The van der Waals surface area contributed by atoms with Crippen LogP contribution in [-0.2, 0) is 0 Å². The number of nitrogens with two attached hydrogens (primary N) is 1. The van der Waals surface area contributed by atoms with E-state index in [-0.39, 0.29) is 0 Å². The van der Waals surface area contributed by atoms with Crippen molar-refractivity contribution < 1.29 is 0 Å². The lowest BCUT2D eigenvalue weighted by molar-refractivity contribution is 0.349. The standard InChI is InChI=1S/C12H18ClN3/c1-12(2)5-3-4-9(12)15-11-7-8(14)6-10(13)16-11/h6-7,9H,3-5H2,1-2H3,(H3,14,15,16). The van der Waals surface area contributed by atoms with Gasteiger partial charge >= 0.3 is 0 Å². The fraction of sp³-hybridized carbons (Fsp3) is 0.583. The Morgan fingerprint density at radius 2 is 2.25 bits per heavy atom. The molecule has 88 valence electrons. The lowest BCUT2D eigenvalue weighted by Crippen LogP contribution is -2.31. The highest BCUT2D eigenvalue weighted by molar-refractivity contribution is 6.29. The number of hydrogen-bond acceptors (Lipinski definition) is 3. The Balaban J connectivity index is 2.14. The molecule has 4 heteroatoms. The van der Waals surface area contributed by atoms with Crippen LogP contribution in [0, 0.1) is 5.41 Å². The summed E-state index contributed by atoms with van der Waals surface area (Å²) in [4.78, 5) is 4.24. The summed E-state index contributed by atoms with van der Waals surface area (Å²) in [5.41, 5.74) is 6.71. The van der Waals surface area contributed by atoms with E-state index in [1.807, 2.05) is 6.07 Å². The SMILES string of the molecule is CC1(C)CCCC1Nc1cc(N)cc(Cl)n1. The molecule has 0 spiro atoms. The van der Waals surface area contributed by atoms with Crippen LogP contribution >= 0.6 is 11.6 Å². The van der Waals surface area contributed by atoms with Crippen LogP contribution < -0.4 is 11.1 Å². The van der Waals surface area contributed by atoms with E-state index in [1.54, 1.807) is 6.07 Å². The van der Waals surface area contributed by atoms with Crippen LogP contribution in [0.1, 0.15) is 33.1 Å². The molecule has 0 radical (unpaired) electrons. The number of anilines is 2. The molecule has 1 aliphatic rings. The Morgan fingerprint density at radius 1 is 1.50 bits per heavy atom. The van der Waals surface area contributed by atoms with Gasteiger partial charge in [0.2, 0.25) is 0 Å². The predicted octanol–water partition coefficient (Wildman–Crippen LogP) is 3.31. The fourth-order valence-corrected chi connectivity index (χ4v) is 2.58. The molecule has 1 aromatic heterocycles. The van der Waals surface area contributed by atoms with Gasteiger partial charge in [-0.25, -0.2) is 4.98 Å². The molecule has 1 aromatic rings. The van der Waals surface area contributed by atoms with Crippen LogP contribution in [0.25, 0.3) is 0 Å². The second-order valence-electron chi connectivity index (χ2n) is 5.19. The summed E-state index contributed by atoms with van der Waals surface area (Å²) in [7, 11) is 0. The summed E-state index contributed by atoms with van der Waals surface area (Å²) in [6.07, 6.45) is 3.70. The second-order valence-corrected chi connectivity index (χ2v) is 5.57. The monoisotopic (exact) mass is 239 g/mol. The highest BCUT2D eigenvalue weighted by atomic mass is 35.5. The van der Waals surface area contributed by atoms with E-state index in [9.17, 15) is 0 Å². The Morgan fingerprint density at radius 3 is 2.81 bits per heavy atom. The summed E-state index contributed by atoms with van der Waals surface area (Å²) in [5.74, 6) is 0.782. The quantitative estimate of drug-likeness (QED) is 0.779. The van der Waals surface area contributed by atoms with Crippen LogP contribution in [0.2, 0.25) is 5.15 Å². The van der Waals surface area contributed by atoms with Crippen LogP contribution in [-0.4, -0.2) is 11.0 Å². The highest BCUT2D eigenvalue weighted by Crippen LogP contribution is 2.38. The number of pyridine rings is 1. The highest BCUT2D eigenvalue weighted by Gasteiger charge is 2.34. The van der Waals surface area contributed by atoms with Crippen molar-refractivity contribution in [3.05, 3.63) is 17.3 Å². The van der Waals surface area contributed by atoms with E-state index >= 15 is 0 Å². The molecule has 2 rings (SSSR count). The van der Waals surface area contributed by atoms with Gasteiger partial charge < -0.3 is 11.1 Å². The molecule has 1 aliphatic carbocycles. The van der Waals surface area contributed by atoms with Crippen molar-refractivity contribution in [2.45, 2.75) is 39.2 Å². The molecule has 0 aromatic carbocycles. The molecule has 1 heterocycles. The average Bonchev–Trinajstić information content (AvgIpc) is 2.44. The lowest BCUT2D eigenvalue weighted by atomic mass is 9.87. The van der Waals surface area contributed by atoms with Gasteiger partial charge in [0.05, 0.1) is 0 Å². The van der Waals surface area contributed by atoms with Crippen LogP contribution in [0.3, 0.4) is 0 Å². The third-order valence-electron chi connectivity index (χ3n) is 3.40. The van der Waals surface area contributed by atoms with Gasteiger partial charge in [0, 0.05) is 17.8 Å². The van der Waals surface area contributed by atoms with Gasteiger partial charge in [-0.2, -0.15) is 0 Å². The maximum atomic E-state index is 5.88. The number of halogens is 1. The molecule has 0 amide bonds. The molecule has 0 saturated heterocycles. The minimum Gasteiger partial charge on any atom is -0.399 e. The third-order valence-corrected chi connectivity index (χ3v) is 3.59. The van der Waals surface area contributed by atoms with Gasteiger partial charge in [-0.1, -0.05) is 31.9 Å². The smallest absolute Gasteiger partial charge is 0.133 e. The van der Waals surface area contributed by atoms with Gasteiger partial charge in [0.25, 0.3) is 0 Å². The first-order valence-electron chi connectivity index (χ1n) is 5.67. The molecule has 1 atom stereocenters. The van der Waals surface area contributed by atoms with Gasteiger partial charge in [-0.3, -0.25) is 0 Å². The van der Waals surface area contributed by atoms with Crippen molar-refractivity contribution in [3.63, 3.8) is 0 Å². The van der Waals surface area contributed by atoms with E-state index in [2.05, 4.69) is 24.1 Å². The van der Waals surface area contributed by atoms with Crippen LogP contribution in [0.4, 0.5) is 11.5 Å². The Kier molecular flexibility index (Phi) is 2.98. The predicted molar refractivity (Wildman–Crippen MR) is 68.7 cm³/mol. The normalized spacial score (nSPS) is 23.3. The summed E-state index contributed by atoms with van der Waals surface area (Å²) >= 11 is 5.88. The minimum atomic E-state index is 0.318. The zero-order chi connectivity index (χ0) is 11.8. The van der Waals surface area contributed by atoms with Gasteiger partial charge in [0.15, 0.2) is 0 Å². The van der Waals surface area contributed by atoms with Crippen molar-refractivity contribution in [3.8, 4) is 0 Å². The van der Waals surface area contributed by atoms with Gasteiger partial charge in [-0.15, -0.1) is 0 Å². The molecule has 0 bridgehead atoms. The molecule has 1 saturated carbocycles. The van der Waals surface area contributed by atoms with Gasteiger partial charge in [-0.05, 0) is 24.3 Å². The maximum Gasteiger partial charge on any atom is 0.133 e. The maximum absolute atomic E-state index is 5.88. The van der Waals surface area contributed by atoms with Crippen molar-refractivity contribution in [2.75, 3.05) is 11.1 Å². The number of nitrogens with one attached hydrogen (secondary N) is 1. The van der Waals surface area contributed by atoms with Crippen LogP contribution in [0.15, 0.2) is 12.1 Å². The third kappa shape index (κ3) is 2.40. The number of aromatic nitrogens is 1. The van der Waals surface area contributed by atoms with E-state index < -0.39 is 0 Å². The summed E-state index contributed by atoms with van der Waals surface area (Å²) in [6.45, 7) is 4.57. The molecule has 3 N–H and O–H groups in total. The molecule has 16 heavy (non-hydrogen) atoms. The largest absolute Gasteiger partial charge is 0.399 e.